The van der Waals surface area contributed by atoms with Gasteiger partial charge in [-0.05, 0) is 56.6 Å². The summed E-state index contributed by atoms with van der Waals surface area (Å²) in [6.45, 7) is 18.3. The smallest absolute Gasteiger partial charge is 0.406 e. The van der Waals surface area contributed by atoms with E-state index in [-0.39, 0.29) is 18.3 Å². The van der Waals surface area contributed by atoms with Gasteiger partial charge in [0.2, 0.25) is 0 Å². The third-order valence-electron chi connectivity index (χ3n) is 7.34. The van der Waals surface area contributed by atoms with Gasteiger partial charge < -0.3 is 29.1 Å². The summed E-state index contributed by atoms with van der Waals surface area (Å²) in [4.78, 5) is 11.5. The molecule has 8 heteroatoms. The highest BCUT2D eigenvalue weighted by molar-refractivity contribution is 6.74. The Kier molecular flexibility index (Phi) is 11.7. The summed E-state index contributed by atoms with van der Waals surface area (Å²) in [5, 5.41) is 12.0. The highest BCUT2D eigenvalue weighted by Gasteiger charge is 2.40. The molecule has 2 rings (SSSR count). The van der Waals surface area contributed by atoms with E-state index < -0.39 is 25.7 Å². The SMILES string of the molecule is CCCCCCCCOc1ccc(C#CC2(NC(=O)O)COC(C)(C)OC2)cc1CO[Si](C)(C)C(C)(C)C. The molecule has 1 fully saturated rings. The standard InChI is InChI=1S/C30H49NO6Si/c1-9-10-11-12-13-14-19-34-26-16-15-24(20-25(26)21-37-38(7,8)28(2,3)4)17-18-30(31-27(32)33)22-35-29(5,6)36-23-30/h15-16,20,31H,9-14,19,21-23H2,1-8H3,(H,32,33). The van der Waals surface area contributed by atoms with Crippen LogP contribution in [0.5, 0.6) is 5.75 Å². The van der Waals surface area contributed by atoms with Crippen LogP contribution in [-0.4, -0.2) is 50.7 Å². The van der Waals surface area contributed by atoms with Crippen molar-refractivity contribution in [3.8, 4) is 17.6 Å². The number of carbonyl (C=O) groups is 1. The van der Waals surface area contributed by atoms with Crippen molar-refractivity contribution >= 4 is 14.4 Å². The van der Waals surface area contributed by atoms with E-state index in [1.54, 1.807) is 13.8 Å². The molecule has 214 valence electrons. The van der Waals surface area contributed by atoms with Crippen LogP contribution in [0.25, 0.3) is 0 Å². The van der Waals surface area contributed by atoms with Crippen LogP contribution >= 0.6 is 0 Å². The molecule has 1 aromatic rings. The van der Waals surface area contributed by atoms with Crippen LogP contribution in [0.3, 0.4) is 0 Å². The first kappa shape index (κ1) is 32.2. The van der Waals surface area contributed by atoms with Crippen LogP contribution in [0.15, 0.2) is 18.2 Å². The lowest BCUT2D eigenvalue weighted by molar-refractivity contribution is -0.262. The van der Waals surface area contributed by atoms with Crippen LogP contribution in [-0.2, 0) is 20.5 Å². The molecule has 0 aromatic heterocycles. The molecule has 0 saturated carbocycles. The average molecular weight is 548 g/mol. The van der Waals surface area contributed by atoms with Crippen molar-refractivity contribution < 1.29 is 28.5 Å². The van der Waals surface area contributed by atoms with Gasteiger partial charge in [0, 0.05) is 11.1 Å². The maximum absolute atomic E-state index is 11.5. The number of ether oxygens (including phenoxy) is 3. The summed E-state index contributed by atoms with van der Waals surface area (Å²) < 4.78 is 24.2. The summed E-state index contributed by atoms with van der Waals surface area (Å²) in [5.74, 6) is 6.25. The molecule has 1 aliphatic heterocycles. The molecule has 0 atom stereocenters. The molecule has 1 heterocycles. The molecular formula is C30H49NO6Si. The normalized spacial score (nSPS) is 16.8. The van der Waals surface area contributed by atoms with E-state index in [2.05, 4.69) is 57.9 Å². The second-order valence-electron chi connectivity index (χ2n) is 12.2. The van der Waals surface area contributed by atoms with Crippen molar-refractivity contribution in [1.29, 1.82) is 0 Å². The summed E-state index contributed by atoms with van der Waals surface area (Å²) in [6.07, 6.45) is 6.07. The quantitative estimate of drug-likeness (QED) is 0.165. The molecule has 0 bridgehead atoms. The van der Waals surface area contributed by atoms with E-state index in [0.29, 0.717) is 13.2 Å². The highest BCUT2D eigenvalue weighted by atomic mass is 28.4. The van der Waals surface area contributed by atoms with E-state index in [1.165, 1.54) is 32.1 Å². The van der Waals surface area contributed by atoms with Crippen LogP contribution in [0.2, 0.25) is 18.1 Å². The summed E-state index contributed by atoms with van der Waals surface area (Å²) in [6, 6.07) is 5.84. The van der Waals surface area contributed by atoms with Gasteiger partial charge in [0.05, 0.1) is 26.4 Å². The number of nitrogens with one attached hydrogen (secondary N) is 1. The zero-order valence-electron chi connectivity index (χ0n) is 24.8. The third-order valence-corrected chi connectivity index (χ3v) is 11.8. The molecule has 1 saturated heterocycles. The number of amides is 1. The zero-order valence-corrected chi connectivity index (χ0v) is 25.8. The first-order valence-electron chi connectivity index (χ1n) is 13.9. The maximum atomic E-state index is 11.5. The van der Waals surface area contributed by atoms with Crippen LogP contribution < -0.4 is 10.1 Å². The van der Waals surface area contributed by atoms with E-state index in [0.717, 1.165) is 23.3 Å². The number of hydrogen-bond acceptors (Lipinski definition) is 5. The fourth-order valence-corrected chi connectivity index (χ4v) is 4.65. The monoisotopic (exact) mass is 547 g/mol. The summed E-state index contributed by atoms with van der Waals surface area (Å²) in [5.41, 5.74) is 0.554. The predicted molar refractivity (Wildman–Crippen MR) is 154 cm³/mol. The Morgan fingerprint density at radius 3 is 2.34 bits per heavy atom. The van der Waals surface area contributed by atoms with Crippen molar-refractivity contribution in [1.82, 2.24) is 5.32 Å². The van der Waals surface area contributed by atoms with Crippen molar-refractivity contribution in [2.45, 2.75) is 116 Å². The van der Waals surface area contributed by atoms with Gasteiger partial charge in [-0.15, -0.1) is 0 Å². The molecule has 38 heavy (non-hydrogen) atoms. The minimum absolute atomic E-state index is 0.0908. The van der Waals surface area contributed by atoms with Gasteiger partial charge in [-0.3, -0.25) is 0 Å². The Hall–Kier alpha value is -2.05. The highest BCUT2D eigenvalue weighted by Crippen LogP contribution is 2.37. The van der Waals surface area contributed by atoms with Gasteiger partial charge in [0.25, 0.3) is 0 Å². The van der Waals surface area contributed by atoms with Gasteiger partial charge in [0.15, 0.2) is 19.6 Å². The lowest BCUT2D eigenvalue weighted by Crippen LogP contribution is -2.60. The first-order chi connectivity index (χ1) is 17.7. The van der Waals surface area contributed by atoms with E-state index in [9.17, 15) is 9.90 Å². The van der Waals surface area contributed by atoms with Crippen molar-refractivity contribution in [3.63, 3.8) is 0 Å². The Labute approximate surface area is 231 Å². The van der Waals surface area contributed by atoms with Gasteiger partial charge in [-0.2, -0.15) is 0 Å². The van der Waals surface area contributed by atoms with Crippen molar-refractivity contribution in [2.75, 3.05) is 19.8 Å². The second-order valence-corrected chi connectivity index (χ2v) is 17.0. The lowest BCUT2D eigenvalue weighted by atomic mass is 10.00. The molecule has 7 nitrogen and oxygen atoms in total. The predicted octanol–water partition coefficient (Wildman–Crippen LogP) is 7.09. The zero-order chi connectivity index (χ0) is 28.5. The van der Waals surface area contributed by atoms with Gasteiger partial charge >= 0.3 is 6.09 Å². The Bertz CT molecular complexity index is 963. The Balaban J connectivity index is 2.23. The van der Waals surface area contributed by atoms with Crippen molar-refractivity contribution in [2.24, 2.45) is 0 Å². The van der Waals surface area contributed by atoms with Gasteiger partial charge in [-0.25, -0.2) is 4.79 Å². The number of hydrogen-bond donors (Lipinski definition) is 2. The summed E-state index contributed by atoms with van der Waals surface area (Å²) >= 11 is 0. The fraction of sp³-hybridized carbons (Fsp3) is 0.700. The van der Waals surface area contributed by atoms with Gasteiger partial charge in [0.1, 0.15) is 5.75 Å². The maximum Gasteiger partial charge on any atom is 0.406 e. The molecule has 0 radical (unpaired) electrons. The molecule has 0 aliphatic carbocycles. The van der Waals surface area contributed by atoms with Crippen molar-refractivity contribution in [3.05, 3.63) is 29.3 Å². The lowest BCUT2D eigenvalue weighted by Gasteiger charge is -2.40. The average Bonchev–Trinajstić information content (AvgIpc) is 2.82. The minimum atomic E-state index is -1.97. The van der Waals surface area contributed by atoms with Crippen LogP contribution in [0.4, 0.5) is 4.79 Å². The first-order valence-corrected chi connectivity index (χ1v) is 16.8. The molecule has 1 amide bonds. The molecular weight excluding hydrogens is 498 g/mol. The fourth-order valence-electron chi connectivity index (χ4n) is 3.70. The van der Waals surface area contributed by atoms with E-state index in [1.807, 2.05) is 18.2 Å². The molecule has 1 aliphatic rings. The topological polar surface area (TPSA) is 86.3 Å². The van der Waals surface area contributed by atoms with E-state index in [4.69, 9.17) is 18.6 Å². The molecule has 2 N–H and O–H groups in total. The molecule has 0 spiro atoms. The molecule has 1 aromatic carbocycles. The van der Waals surface area contributed by atoms with Gasteiger partial charge in [-0.1, -0.05) is 71.6 Å². The second kappa shape index (κ2) is 13.8. The number of unbranched alkanes of at least 4 members (excludes halogenated alkanes) is 5. The van der Waals surface area contributed by atoms with E-state index >= 15 is 0 Å². The number of carboxylic acid groups (broad SMARTS) is 1. The van der Waals surface area contributed by atoms with Crippen LogP contribution in [0.1, 0.15) is 91.2 Å². The largest absolute Gasteiger partial charge is 0.493 e. The minimum Gasteiger partial charge on any atom is -0.493 e. The number of benzene rings is 1. The van der Waals surface area contributed by atoms with Crippen LogP contribution in [0, 0.1) is 11.8 Å². The Morgan fingerprint density at radius 1 is 1.11 bits per heavy atom. The number of rotatable bonds is 12. The Morgan fingerprint density at radius 2 is 1.74 bits per heavy atom. The summed E-state index contributed by atoms with van der Waals surface area (Å²) in [7, 11) is -1.97. The third kappa shape index (κ3) is 10.3. The molecule has 0 unspecified atom stereocenters.